The van der Waals surface area contributed by atoms with Gasteiger partial charge in [0.1, 0.15) is 22.8 Å². The minimum Gasteiger partial charge on any atom is -0.422 e. The first kappa shape index (κ1) is 13.0. The van der Waals surface area contributed by atoms with Gasteiger partial charge in [-0.2, -0.15) is 10.3 Å². The van der Waals surface area contributed by atoms with Gasteiger partial charge in [0.2, 0.25) is 0 Å². The lowest BCUT2D eigenvalue weighted by Gasteiger charge is -2.05. The van der Waals surface area contributed by atoms with Gasteiger partial charge in [0.15, 0.2) is 11.7 Å². The zero-order valence-corrected chi connectivity index (χ0v) is 11.5. The molecule has 1 aromatic carbocycles. The van der Waals surface area contributed by atoms with Gasteiger partial charge in [0.25, 0.3) is 5.91 Å². The number of nitriles is 1. The van der Waals surface area contributed by atoms with Crippen molar-refractivity contribution in [1.82, 2.24) is 9.78 Å². The maximum atomic E-state index is 12.1. The first-order chi connectivity index (χ1) is 11.1. The van der Waals surface area contributed by atoms with Gasteiger partial charge in [-0.15, -0.1) is 5.10 Å². The smallest absolute Gasteiger partial charge is 0.350 e. The van der Waals surface area contributed by atoms with Crippen LogP contribution in [0, 0.1) is 11.3 Å². The predicted octanol–water partition coefficient (Wildman–Crippen LogP) is 0.892. The van der Waals surface area contributed by atoms with Crippen molar-refractivity contribution in [1.29, 1.82) is 5.26 Å². The predicted molar refractivity (Wildman–Crippen MR) is 80.1 cm³/mol. The second-order valence-corrected chi connectivity index (χ2v) is 4.86. The number of fused-ring (bicyclic) bond motifs is 3. The number of amides is 1. The van der Waals surface area contributed by atoms with Gasteiger partial charge in [-0.1, -0.05) is 18.2 Å². The van der Waals surface area contributed by atoms with Gasteiger partial charge in [-0.05, 0) is 6.07 Å². The number of anilines is 1. The van der Waals surface area contributed by atoms with Gasteiger partial charge >= 0.3 is 5.63 Å². The number of nitrogens with zero attached hydrogens (tertiary/aromatic N) is 4. The molecule has 0 spiro atoms. The number of aromatic nitrogens is 2. The van der Waals surface area contributed by atoms with Gasteiger partial charge < -0.3 is 10.2 Å². The molecule has 0 atom stereocenters. The molecule has 0 aliphatic carbocycles. The summed E-state index contributed by atoms with van der Waals surface area (Å²) in [7, 11) is 0. The van der Waals surface area contributed by atoms with E-state index in [-0.39, 0.29) is 22.8 Å². The van der Waals surface area contributed by atoms with E-state index in [1.54, 1.807) is 24.3 Å². The summed E-state index contributed by atoms with van der Waals surface area (Å²) in [5.74, 6) is -0.548. The second-order valence-electron chi connectivity index (χ2n) is 4.86. The molecule has 0 saturated heterocycles. The minimum absolute atomic E-state index is 0.0170. The van der Waals surface area contributed by atoms with Gasteiger partial charge in [0, 0.05) is 5.39 Å². The molecule has 2 aromatic heterocycles. The number of aliphatic imine (C=N–C) groups is 1. The summed E-state index contributed by atoms with van der Waals surface area (Å²) in [4.78, 5) is 28.0. The summed E-state index contributed by atoms with van der Waals surface area (Å²) in [5, 5.41) is 13.5. The molecular formula is C15H7N5O3. The fraction of sp³-hybridized carbons (Fsp3) is 0. The number of para-hydroxylation sites is 1. The summed E-state index contributed by atoms with van der Waals surface area (Å²) < 4.78 is 6.38. The summed E-state index contributed by atoms with van der Waals surface area (Å²) in [6.45, 7) is 0. The third-order valence-corrected chi connectivity index (χ3v) is 3.54. The van der Waals surface area contributed by atoms with E-state index < -0.39 is 11.5 Å². The lowest BCUT2D eigenvalue weighted by atomic mass is 10.1. The molecule has 0 radical (unpaired) electrons. The fourth-order valence-corrected chi connectivity index (χ4v) is 2.53. The summed E-state index contributed by atoms with van der Waals surface area (Å²) in [5.41, 5.74) is 5.55. The third-order valence-electron chi connectivity index (χ3n) is 3.54. The largest absolute Gasteiger partial charge is 0.422 e. The van der Waals surface area contributed by atoms with E-state index in [0.29, 0.717) is 16.5 Å². The van der Waals surface area contributed by atoms with Crippen LogP contribution in [0.5, 0.6) is 0 Å². The molecular weight excluding hydrogens is 298 g/mol. The number of carbonyl (C=O) groups excluding carboxylic acids is 1. The molecule has 110 valence electrons. The van der Waals surface area contributed by atoms with Crippen LogP contribution >= 0.6 is 0 Å². The molecule has 4 rings (SSSR count). The van der Waals surface area contributed by atoms with Crippen molar-refractivity contribution >= 4 is 28.5 Å². The molecule has 1 amide bonds. The zero-order chi connectivity index (χ0) is 16.1. The molecule has 0 fully saturated rings. The van der Waals surface area contributed by atoms with Crippen LogP contribution in [0.15, 0.2) is 44.7 Å². The standard InChI is InChI=1S/C15H7N5O3/c16-5-7-6-20(19-12(7)17)13-10-8-3-1-2-4-9(8)23-15(22)11(10)14(21)18-13/h1-4,6H,(H2,17,19). The Balaban J connectivity index is 2.08. The van der Waals surface area contributed by atoms with Crippen LogP contribution in [0.25, 0.3) is 11.0 Å². The highest BCUT2D eigenvalue weighted by Gasteiger charge is 2.32. The van der Waals surface area contributed by atoms with Crippen molar-refractivity contribution in [2.75, 3.05) is 5.73 Å². The van der Waals surface area contributed by atoms with Crippen molar-refractivity contribution < 1.29 is 9.21 Å². The minimum atomic E-state index is -0.761. The van der Waals surface area contributed by atoms with Crippen LogP contribution < -0.4 is 11.4 Å². The first-order valence-corrected chi connectivity index (χ1v) is 6.55. The zero-order valence-electron chi connectivity index (χ0n) is 11.5. The molecule has 1 aliphatic heterocycles. The lowest BCUT2D eigenvalue weighted by Crippen LogP contribution is -2.17. The highest BCUT2D eigenvalue weighted by atomic mass is 16.4. The molecule has 2 N–H and O–H groups in total. The Labute approximate surface area is 128 Å². The Kier molecular flexibility index (Phi) is 2.47. The Morgan fingerprint density at radius 3 is 2.74 bits per heavy atom. The van der Waals surface area contributed by atoms with Crippen molar-refractivity contribution in [2.45, 2.75) is 0 Å². The van der Waals surface area contributed by atoms with Crippen molar-refractivity contribution in [3.05, 3.63) is 57.6 Å². The normalized spacial score (nSPS) is 13.0. The molecule has 0 unspecified atom stereocenters. The van der Waals surface area contributed by atoms with E-state index in [9.17, 15) is 9.59 Å². The number of nitrogen functional groups attached to an aromatic ring is 1. The number of hydrogen-bond acceptors (Lipinski definition) is 6. The quantitative estimate of drug-likeness (QED) is 0.614. The Morgan fingerprint density at radius 1 is 1.22 bits per heavy atom. The molecule has 8 heteroatoms. The number of rotatable bonds is 0. The van der Waals surface area contributed by atoms with Crippen LogP contribution in [0.4, 0.5) is 5.82 Å². The Hall–Kier alpha value is -3.73. The van der Waals surface area contributed by atoms with Crippen molar-refractivity contribution in [2.24, 2.45) is 4.99 Å². The molecule has 8 nitrogen and oxygen atoms in total. The third kappa shape index (κ3) is 1.70. The van der Waals surface area contributed by atoms with Crippen LogP contribution in [-0.4, -0.2) is 21.5 Å². The van der Waals surface area contributed by atoms with Gasteiger partial charge in [-0.25, -0.2) is 9.48 Å². The van der Waals surface area contributed by atoms with E-state index in [1.165, 1.54) is 10.9 Å². The molecule has 23 heavy (non-hydrogen) atoms. The molecule has 3 aromatic rings. The van der Waals surface area contributed by atoms with Crippen molar-refractivity contribution in [3.63, 3.8) is 0 Å². The van der Waals surface area contributed by atoms with Crippen LogP contribution in [0.2, 0.25) is 0 Å². The van der Waals surface area contributed by atoms with E-state index in [4.69, 9.17) is 15.4 Å². The first-order valence-electron chi connectivity index (χ1n) is 6.55. The number of nitrogens with two attached hydrogens (primary N) is 1. The van der Waals surface area contributed by atoms with E-state index in [0.717, 1.165) is 0 Å². The van der Waals surface area contributed by atoms with E-state index in [1.807, 2.05) is 6.07 Å². The number of benzene rings is 1. The molecule has 0 saturated carbocycles. The van der Waals surface area contributed by atoms with Crippen LogP contribution in [0.3, 0.4) is 0 Å². The average molecular weight is 305 g/mol. The highest BCUT2D eigenvalue weighted by Crippen LogP contribution is 2.26. The monoisotopic (exact) mass is 305 g/mol. The molecule has 0 bridgehead atoms. The fourth-order valence-electron chi connectivity index (χ4n) is 2.53. The molecule has 1 aliphatic rings. The summed E-state index contributed by atoms with van der Waals surface area (Å²) >= 11 is 0. The average Bonchev–Trinajstić information content (AvgIpc) is 3.08. The number of hydrogen-bond donors (Lipinski definition) is 1. The Bertz CT molecular complexity index is 1130. The SMILES string of the molecule is N#Cc1cn(C2=NC(=O)c3c2c2ccccc2oc3=O)nc1N. The van der Waals surface area contributed by atoms with Crippen molar-refractivity contribution in [3.8, 4) is 6.07 Å². The van der Waals surface area contributed by atoms with E-state index in [2.05, 4.69) is 10.1 Å². The maximum absolute atomic E-state index is 12.1. The second kappa shape index (κ2) is 4.38. The van der Waals surface area contributed by atoms with Crippen LogP contribution in [0.1, 0.15) is 21.5 Å². The summed E-state index contributed by atoms with van der Waals surface area (Å²) in [6.07, 6.45) is 1.36. The lowest BCUT2D eigenvalue weighted by molar-refractivity contribution is 0.100. The maximum Gasteiger partial charge on any atom is 0.350 e. The van der Waals surface area contributed by atoms with Gasteiger partial charge in [0.05, 0.1) is 11.8 Å². The van der Waals surface area contributed by atoms with Gasteiger partial charge in [-0.3, -0.25) is 4.79 Å². The highest BCUT2D eigenvalue weighted by molar-refractivity contribution is 6.25. The van der Waals surface area contributed by atoms with E-state index >= 15 is 0 Å². The number of carbonyl (C=O) groups is 1. The molecule has 3 heterocycles. The van der Waals surface area contributed by atoms with Crippen LogP contribution in [-0.2, 0) is 0 Å². The Morgan fingerprint density at radius 2 is 2.00 bits per heavy atom. The summed E-state index contributed by atoms with van der Waals surface area (Å²) in [6, 6.07) is 8.69. The topological polar surface area (TPSA) is 127 Å².